The summed E-state index contributed by atoms with van der Waals surface area (Å²) < 4.78 is 10.4. The number of Topliss-reactive ketones (excluding diaryl/α,β-unsaturated/α-hetero) is 1. The Morgan fingerprint density at radius 3 is 2.52 bits per heavy atom. The minimum Gasteiger partial charge on any atom is -0.466 e. The van der Waals surface area contributed by atoms with Gasteiger partial charge in [-0.2, -0.15) is 0 Å². The first-order chi connectivity index (χ1) is 9.82. The molecule has 5 nitrogen and oxygen atoms in total. The third-order valence-electron chi connectivity index (χ3n) is 5.07. The van der Waals surface area contributed by atoms with Crippen molar-refractivity contribution in [2.75, 3.05) is 6.61 Å². The van der Waals surface area contributed by atoms with Crippen LogP contribution in [0.1, 0.15) is 40.5 Å². The summed E-state index contributed by atoms with van der Waals surface area (Å²) in [5, 5.41) is 0. The molecule has 0 bridgehead atoms. The molecule has 5 heteroatoms. The van der Waals surface area contributed by atoms with Crippen molar-refractivity contribution in [2.24, 2.45) is 29.6 Å². The molecule has 2 rings (SSSR count). The summed E-state index contributed by atoms with van der Waals surface area (Å²) in [7, 11) is 0. The molecular weight excluding hydrogens is 272 g/mol. The number of fused-ring (bicyclic) bond motifs is 1. The van der Waals surface area contributed by atoms with E-state index in [4.69, 9.17) is 9.47 Å². The minimum atomic E-state index is -0.302. The van der Waals surface area contributed by atoms with Crippen molar-refractivity contribution in [1.29, 1.82) is 0 Å². The molecule has 1 aliphatic heterocycles. The van der Waals surface area contributed by atoms with E-state index in [9.17, 15) is 14.4 Å². The molecule has 2 fully saturated rings. The number of esters is 2. The van der Waals surface area contributed by atoms with Crippen molar-refractivity contribution < 1.29 is 23.9 Å². The van der Waals surface area contributed by atoms with Crippen LogP contribution in [0.25, 0.3) is 0 Å². The lowest BCUT2D eigenvalue weighted by Gasteiger charge is -2.42. The van der Waals surface area contributed by atoms with E-state index in [-0.39, 0.29) is 53.4 Å². The van der Waals surface area contributed by atoms with Crippen molar-refractivity contribution in [1.82, 2.24) is 0 Å². The second kappa shape index (κ2) is 6.16. The lowest BCUT2D eigenvalue weighted by atomic mass is 9.60. The highest BCUT2D eigenvalue weighted by molar-refractivity contribution is 5.82. The molecule has 1 saturated heterocycles. The number of carbonyl (C=O) groups excluding carboxylic acids is 3. The molecule has 118 valence electrons. The number of ketones is 1. The average molecular weight is 296 g/mol. The normalized spacial score (nSPS) is 38.6. The smallest absolute Gasteiger partial charge is 0.309 e. The average Bonchev–Trinajstić information content (AvgIpc) is 2.64. The molecule has 2 aliphatic rings. The second-order valence-electron chi connectivity index (χ2n) is 6.47. The Morgan fingerprint density at radius 2 is 1.95 bits per heavy atom. The molecule has 0 unspecified atom stereocenters. The number of ether oxygens (including phenoxy) is 2. The molecular formula is C16H24O5. The van der Waals surface area contributed by atoms with Crippen molar-refractivity contribution in [3.8, 4) is 0 Å². The molecule has 1 heterocycles. The van der Waals surface area contributed by atoms with E-state index in [1.54, 1.807) is 6.92 Å². The van der Waals surface area contributed by atoms with Gasteiger partial charge in [0.15, 0.2) is 0 Å². The van der Waals surface area contributed by atoms with Crippen molar-refractivity contribution in [2.45, 2.75) is 46.6 Å². The first kappa shape index (κ1) is 16.0. The van der Waals surface area contributed by atoms with Gasteiger partial charge in [-0.1, -0.05) is 6.92 Å². The van der Waals surface area contributed by atoms with E-state index in [1.165, 1.54) is 6.92 Å². The van der Waals surface area contributed by atoms with Crippen LogP contribution in [0.15, 0.2) is 0 Å². The Kier molecular flexibility index (Phi) is 4.69. The Morgan fingerprint density at radius 1 is 1.29 bits per heavy atom. The zero-order valence-electron chi connectivity index (χ0n) is 13.1. The predicted octanol–water partition coefficient (Wildman–Crippen LogP) is 1.98. The van der Waals surface area contributed by atoms with Gasteiger partial charge in [-0.3, -0.25) is 14.4 Å². The number of carbonyl (C=O) groups is 3. The van der Waals surface area contributed by atoms with Crippen molar-refractivity contribution in [3.05, 3.63) is 0 Å². The van der Waals surface area contributed by atoms with E-state index >= 15 is 0 Å². The molecule has 0 spiro atoms. The van der Waals surface area contributed by atoms with Crippen LogP contribution < -0.4 is 0 Å². The van der Waals surface area contributed by atoms with Crippen LogP contribution >= 0.6 is 0 Å². The van der Waals surface area contributed by atoms with Crippen LogP contribution in [-0.2, 0) is 23.9 Å². The second-order valence-corrected chi connectivity index (χ2v) is 6.47. The molecule has 1 saturated carbocycles. The van der Waals surface area contributed by atoms with Gasteiger partial charge in [0.2, 0.25) is 0 Å². The Labute approximate surface area is 125 Å². The number of hydrogen-bond acceptors (Lipinski definition) is 5. The van der Waals surface area contributed by atoms with E-state index in [1.807, 2.05) is 6.92 Å². The summed E-state index contributed by atoms with van der Waals surface area (Å²) in [6.07, 6.45) is 1.21. The molecule has 0 aromatic heterocycles. The molecule has 0 aromatic carbocycles. The fourth-order valence-corrected chi connectivity index (χ4v) is 4.22. The Balaban J connectivity index is 2.17. The molecule has 21 heavy (non-hydrogen) atoms. The summed E-state index contributed by atoms with van der Waals surface area (Å²) in [6, 6.07) is 0. The minimum absolute atomic E-state index is 0.0338. The van der Waals surface area contributed by atoms with E-state index in [2.05, 4.69) is 6.92 Å². The SMILES string of the molecule is CC(=O)OCC[C@H]1[C@H](C(C)=O)[C@@H]2[C@@H](C)OC(=O)[C@@H]2C[C@@H]1C. The topological polar surface area (TPSA) is 69.7 Å². The molecule has 1 aliphatic carbocycles. The van der Waals surface area contributed by atoms with Gasteiger partial charge in [0.25, 0.3) is 0 Å². The monoisotopic (exact) mass is 296 g/mol. The first-order valence-electron chi connectivity index (χ1n) is 7.67. The van der Waals surface area contributed by atoms with Crippen molar-refractivity contribution in [3.63, 3.8) is 0 Å². The lowest BCUT2D eigenvalue weighted by Crippen LogP contribution is -2.45. The largest absolute Gasteiger partial charge is 0.466 e. The predicted molar refractivity (Wildman–Crippen MR) is 75.2 cm³/mol. The molecule has 6 atom stereocenters. The molecule has 0 amide bonds. The zero-order chi connectivity index (χ0) is 15.7. The van der Waals surface area contributed by atoms with Crippen LogP contribution in [0.2, 0.25) is 0 Å². The molecule has 0 radical (unpaired) electrons. The van der Waals surface area contributed by atoms with E-state index < -0.39 is 0 Å². The van der Waals surface area contributed by atoms with Crippen LogP contribution in [0, 0.1) is 29.6 Å². The van der Waals surface area contributed by atoms with Gasteiger partial charge in [0.05, 0.1) is 12.5 Å². The summed E-state index contributed by atoms with van der Waals surface area (Å²) in [5.41, 5.74) is 0. The van der Waals surface area contributed by atoms with Gasteiger partial charge < -0.3 is 9.47 Å². The maximum absolute atomic E-state index is 12.2. The van der Waals surface area contributed by atoms with E-state index in [0.29, 0.717) is 13.0 Å². The molecule has 0 aromatic rings. The number of cyclic esters (lactones) is 1. The highest BCUT2D eigenvalue weighted by Gasteiger charge is 2.54. The summed E-state index contributed by atoms with van der Waals surface area (Å²) in [5.74, 6) is -0.353. The summed E-state index contributed by atoms with van der Waals surface area (Å²) in [4.78, 5) is 35.0. The highest BCUT2D eigenvalue weighted by atomic mass is 16.6. The number of rotatable bonds is 4. The van der Waals surface area contributed by atoms with Crippen LogP contribution in [0.4, 0.5) is 0 Å². The molecule has 0 N–H and O–H groups in total. The van der Waals surface area contributed by atoms with Crippen molar-refractivity contribution >= 4 is 17.7 Å². The fraction of sp³-hybridized carbons (Fsp3) is 0.812. The summed E-state index contributed by atoms with van der Waals surface area (Å²) in [6.45, 7) is 7.25. The lowest BCUT2D eigenvalue weighted by molar-refractivity contribution is -0.144. The van der Waals surface area contributed by atoms with Crippen LogP contribution in [-0.4, -0.2) is 30.4 Å². The van der Waals surface area contributed by atoms with Gasteiger partial charge in [-0.15, -0.1) is 0 Å². The number of hydrogen-bond donors (Lipinski definition) is 0. The van der Waals surface area contributed by atoms with Gasteiger partial charge in [-0.05, 0) is 38.5 Å². The van der Waals surface area contributed by atoms with Gasteiger partial charge >= 0.3 is 11.9 Å². The van der Waals surface area contributed by atoms with Crippen LogP contribution in [0.3, 0.4) is 0 Å². The Bertz CT molecular complexity index is 444. The van der Waals surface area contributed by atoms with E-state index in [0.717, 1.165) is 6.42 Å². The third-order valence-corrected chi connectivity index (χ3v) is 5.07. The maximum atomic E-state index is 12.2. The third kappa shape index (κ3) is 3.11. The summed E-state index contributed by atoms with van der Waals surface area (Å²) >= 11 is 0. The zero-order valence-corrected chi connectivity index (χ0v) is 13.1. The standard InChI is InChI=1S/C16H24O5/c1-8-7-13-15(10(3)21-16(13)19)14(9(2)17)12(8)5-6-20-11(4)18/h8,10,12-15H,5-7H2,1-4H3/t8-,10+,12+,13+,14-,15+/m0/s1. The van der Waals surface area contributed by atoms with Gasteiger partial charge in [-0.25, -0.2) is 0 Å². The highest BCUT2D eigenvalue weighted by Crippen LogP contribution is 2.49. The van der Waals surface area contributed by atoms with Crippen LogP contribution in [0.5, 0.6) is 0 Å². The quantitative estimate of drug-likeness (QED) is 0.742. The van der Waals surface area contributed by atoms with Gasteiger partial charge in [0.1, 0.15) is 11.9 Å². The maximum Gasteiger partial charge on any atom is 0.309 e. The van der Waals surface area contributed by atoms with Gasteiger partial charge in [0, 0.05) is 18.8 Å². The first-order valence-corrected chi connectivity index (χ1v) is 7.67. The Hall–Kier alpha value is -1.39. The fourth-order valence-electron chi connectivity index (χ4n) is 4.22.